The summed E-state index contributed by atoms with van der Waals surface area (Å²) in [6.07, 6.45) is 3.54. The molecule has 5 heteroatoms. The number of anilines is 2. The molecule has 2 aromatic rings. The molecule has 0 spiro atoms. The summed E-state index contributed by atoms with van der Waals surface area (Å²) in [5.74, 6) is 0.852. The van der Waals surface area contributed by atoms with E-state index in [9.17, 15) is 4.79 Å². The maximum Gasteiger partial charge on any atom is 0.282 e. The van der Waals surface area contributed by atoms with Gasteiger partial charge in [0, 0.05) is 24.5 Å². The zero-order valence-corrected chi connectivity index (χ0v) is 18.0. The second-order valence-corrected chi connectivity index (χ2v) is 8.65. The summed E-state index contributed by atoms with van der Waals surface area (Å²) < 4.78 is 5.42. The molecule has 4 rings (SSSR count). The molecule has 5 nitrogen and oxygen atoms in total. The van der Waals surface area contributed by atoms with Crippen LogP contribution in [-0.2, 0) is 16.0 Å². The Morgan fingerprint density at radius 1 is 1.07 bits per heavy atom. The van der Waals surface area contributed by atoms with Gasteiger partial charge < -0.3 is 19.9 Å². The first kappa shape index (κ1) is 20.9. The topological polar surface area (TPSA) is 46.0 Å². The van der Waals surface area contributed by atoms with Crippen LogP contribution in [0.25, 0.3) is 0 Å². The Bertz CT molecular complexity index is 795. The van der Waals surface area contributed by atoms with Gasteiger partial charge in [0.25, 0.3) is 5.91 Å². The highest BCUT2D eigenvalue weighted by Crippen LogP contribution is 2.19. The summed E-state index contributed by atoms with van der Waals surface area (Å²) in [6, 6.07) is 18.9. The van der Waals surface area contributed by atoms with Gasteiger partial charge in [0.2, 0.25) is 0 Å². The van der Waals surface area contributed by atoms with Crippen LogP contribution < -0.4 is 15.1 Å². The SMILES string of the molecule is C[C@@H](C(=O)Nc1ccc(N2CCOCC2)cc1)[NH+]1CCC(Cc2ccccc2)CC1. The second-order valence-electron chi connectivity index (χ2n) is 8.65. The van der Waals surface area contributed by atoms with Crippen molar-refractivity contribution in [1.29, 1.82) is 0 Å². The van der Waals surface area contributed by atoms with Gasteiger partial charge in [0.1, 0.15) is 0 Å². The van der Waals surface area contributed by atoms with Gasteiger partial charge in [-0.3, -0.25) is 4.79 Å². The number of nitrogens with zero attached hydrogens (tertiary/aromatic N) is 1. The van der Waals surface area contributed by atoms with E-state index in [1.54, 1.807) is 0 Å². The van der Waals surface area contributed by atoms with E-state index in [1.807, 2.05) is 12.1 Å². The fourth-order valence-corrected chi connectivity index (χ4v) is 4.65. The molecule has 0 bridgehead atoms. The molecule has 0 radical (unpaired) electrons. The minimum Gasteiger partial charge on any atom is -0.378 e. The number of amides is 1. The van der Waals surface area contributed by atoms with Crippen molar-refractivity contribution in [2.75, 3.05) is 49.6 Å². The van der Waals surface area contributed by atoms with Crippen molar-refractivity contribution >= 4 is 17.3 Å². The van der Waals surface area contributed by atoms with Crippen LogP contribution in [-0.4, -0.2) is 51.3 Å². The van der Waals surface area contributed by atoms with Gasteiger partial charge in [-0.25, -0.2) is 0 Å². The van der Waals surface area contributed by atoms with E-state index < -0.39 is 0 Å². The first-order valence-electron chi connectivity index (χ1n) is 11.3. The summed E-state index contributed by atoms with van der Waals surface area (Å²) in [5, 5.41) is 3.12. The fourth-order valence-electron chi connectivity index (χ4n) is 4.65. The molecule has 2 aromatic carbocycles. The van der Waals surface area contributed by atoms with Gasteiger partial charge in [-0.2, -0.15) is 0 Å². The van der Waals surface area contributed by atoms with E-state index in [4.69, 9.17) is 4.74 Å². The van der Waals surface area contributed by atoms with Gasteiger partial charge in [-0.05, 0) is 61.9 Å². The van der Waals surface area contributed by atoms with Gasteiger partial charge in [0.15, 0.2) is 6.04 Å². The average Bonchev–Trinajstić information content (AvgIpc) is 2.81. The molecular weight excluding hydrogens is 374 g/mol. The quantitative estimate of drug-likeness (QED) is 0.772. The summed E-state index contributed by atoms with van der Waals surface area (Å²) in [6.45, 7) is 7.61. The number of hydrogen-bond acceptors (Lipinski definition) is 3. The Morgan fingerprint density at radius 3 is 2.40 bits per heavy atom. The Labute approximate surface area is 180 Å². The van der Waals surface area contributed by atoms with Crippen LogP contribution in [0.4, 0.5) is 11.4 Å². The van der Waals surface area contributed by atoms with Gasteiger partial charge >= 0.3 is 0 Å². The third-order valence-electron chi connectivity index (χ3n) is 6.63. The lowest BCUT2D eigenvalue weighted by Gasteiger charge is -2.32. The number of rotatable bonds is 6. The molecule has 0 unspecified atom stereocenters. The van der Waals surface area contributed by atoms with E-state index in [0.717, 1.165) is 57.4 Å². The maximum atomic E-state index is 12.8. The molecule has 2 saturated heterocycles. The van der Waals surface area contributed by atoms with E-state index >= 15 is 0 Å². The third kappa shape index (κ3) is 5.41. The predicted octanol–water partition coefficient (Wildman–Crippen LogP) is 2.39. The number of piperidine rings is 1. The number of carbonyl (C=O) groups excluding carboxylic acids is 1. The zero-order valence-electron chi connectivity index (χ0n) is 18.0. The zero-order chi connectivity index (χ0) is 20.8. The number of benzene rings is 2. The van der Waals surface area contributed by atoms with Crippen LogP contribution in [0.15, 0.2) is 54.6 Å². The van der Waals surface area contributed by atoms with Crippen molar-refractivity contribution in [1.82, 2.24) is 0 Å². The van der Waals surface area contributed by atoms with Crippen LogP contribution in [0, 0.1) is 5.92 Å². The molecule has 30 heavy (non-hydrogen) atoms. The van der Waals surface area contributed by atoms with Crippen molar-refractivity contribution in [3.8, 4) is 0 Å². The van der Waals surface area contributed by atoms with Crippen molar-refractivity contribution < 1.29 is 14.4 Å². The maximum absolute atomic E-state index is 12.8. The summed E-state index contributed by atoms with van der Waals surface area (Å²) in [7, 11) is 0. The minimum atomic E-state index is -0.0263. The number of hydrogen-bond donors (Lipinski definition) is 2. The molecule has 0 saturated carbocycles. The third-order valence-corrected chi connectivity index (χ3v) is 6.63. The Hall–Kier alpha value is -2.37. The Kier molecular flexibility index (Phi) is 7.03. The number of likely N-dealkylation sites (tertiary alicyclic amines) is 1. The molecule has 2 aliphatic heterocycles. The van der Waals surface area contributed by atoms with Gasteiger partial charge in [0.05, 0.1) is 26.3 Å². The van der Waals surface area contributed by atoms with E-state index in [1.165, 1.54) is 29.0 Å². The molecule has 2 aliphatic rings. The normalized spacial score (nSPS) is 23.0. The highest BCUT2D eigenvalue weighted by molar-refractivity contribution is 5.93. The van der Waals surface area contributed by atoms with Crippen LogP contribution in [0.2, 0.25) is 0 Å². The average molecular weight is 409 g/mol. The van der Waals surface area contributed by atoms with Crippen molar-refractivity contribution in [2.45, 2.75) is 32.2 Å². The molecule has 1 amide bonds. The van der Waals surface area contributed by atoms with E-state index in [0.29, 0.717) is 0 Å². The number of ether oxygens (including phenoxy) is 1. The minimum absolute atomic E-state index is 0.0263. The summed E-state index contributed by atoms with van der Waals surface area (Å²) in [4.78, 5) is 16.5. The number of quaternary nitrogens is 1. The number of nitrogens with one attached hydrogen (secondary N) is 2. The lowest BCUT2D eigenvalue weighted by molar-refractivity contribution is -0.919. The van der Waals surface area contributed by atoms with Crippen molar-refractivity contribution in [3.63, 3.8) is 0 Å². The molecule has 0 aromatic heterocycles. The lowest BCUT2D eigenvalue weighted by atomic mass is 9.89. The fraction of sp³-hybridized carbons (Fsp3) is 0.480. The smallest absolute Gasteiger partial charge is 0.282 e. The largest absolute Gasteiger partial charge is 0.378 e. The molecule has 2 N–H and O–H groups in total. The summed E-state index contributed by atoms with van der Waals surface area (Å²) in [5.41, 5.74) is 3.50. The second kappa shape index (κ2) is 10.1. The highest BCUT2D eigenvalue weighted by atomic mass is 16.5. The molecule has 2 fully saturated rings. The number of carbonyl (C=O) groups is 1. The molecular formula is C25H34N3O2+. The molecule has 2 heterocycles. The van der Waals surface area contributed by atoms with Gasteiger partial charge in [-0.15, -0.1) is 0 Å². The van der Waals surface area contributed by atoms with Crippen LogP contribution in [0.1, 0.15) is 25.3 Å². The molecule has 160 valence electrons. The van der Waals surface area contributed by atoms with Crippen LogP contribution in [0.5, 0.6) is 0 Å². The van der Waals surface area contributed by atoms with Crippen molar-refractivity contribution in [2.24, 2.45) is 5.92 Å². The van der Waals surface area contributed by atoms with E-state index in [2.05, 4.69) is 59.6 Å². The van der Waals surface area contributed by atoms with Crippen molar-refractivity contribution in [3.05, 3.63) is 60.2 Å². The monoisotopic (exact) mass is 408 g/mol. The van der Waals surface area contributed by atoms with Crippen LogP contribution in [0.3, 0.4) is 0 Å². The Morgan fingerprint density at radius 2 is 1.73 bits per heavy atom. The Balaban J connectivity index is 1.25. The van der Waals surface area contributed by atoms with Gasteiger partial charge in [-0.1, -0.05) is 30.3 Å². The predicted molar refractivity (Wildman–Crippen MR) is 121 cm³/mol. The first-order valence-corrected chi connectivity index (χ1v) is 11.3. The van der Waals surface area contributed by atoms with Crippen LogP contribution >= 0.6 is 0 Å². The number of morpholine rings is 1. The highest BCUT2D eigenvalue weighted by Gasteiger charge is 2.30. The lowest BCUT2D eigenvalue weighted by Crippen LogP contribution is -3.17. The summed E-state index contributed by atoms with van der Waals surface area (Å²) >= 11 is 0. The standard InChI is InChI=1S/C25H33N3O2/c1-20(27-13-11-22(12-14-27)19-21-5-3-2-4-6-21)25(29)26-23-7-9-24(10-8-23)28-15-17-30-18-16-28/h2-10,20,22H,11-19H2,1H3,(H,26,29)/p+1/t20-/m0/s1. The molecule has 0 aliphatic carbocycles. The molecule has 1 atom stereocenters. The van der Waals surface area contributed by atoms with E-state index in [-0.39, 0.29) is 11.9 Å². The first-order chi connectivity index (χ1) is 14.7.